The van der Waals surface area contributed by atoms with Crippen LogP contribution in [0.25, 0.3) is 0 Å². The fourth-order valence-electron chi connectivity index (χ4n) is 2.13. The van der Waals surface area contributed by atoms with Crippen molar-refractivity contribution in [2.75, 3.05) is 10.6 Å². The summed E-state index contributed by atoms with van der Waals surface area (Å²) >= 11 is 0. The molecule has 0 spiro atoms. The fourth-order valence-corrected chi connectivity index (χ4v) is 2.13. The van der Waals surface area contributed by atoms with E-state index in [1.807, 2.05) is 6.07 Å². The molecule has 0 aliphatic carbocycles. The molecule has 0 bridgehead atoms. The van der Waals surface area contributed by atoms with Crippen molar-refractivity contribution < 1.29 is 0 Å². The largest absolute Gasteiger partial charge is 0.350 e. The Morgan fingerprint density at radius 1 is 1.18 bits per heavy atom. The smallest absolute Gasteiger partial charge is 0.244 e. The molecule has 0 radical (unpaired) electrons. The minimum Gasteiger partial charge on any atom is -0.350 e. The molecule has 0 saturated carbocycles. The van der Waals surface area contributed by atoms with E-state index < -0.39 is 0 Å². The molecule has 2 rings (SSSR count). The first-order valence-electron chi connectivity index (χ1n) is 7.73. The number of benzene rings is 1. The van der Waals surface area contributed by atoms with Crippen LogP contribution in [0.1, 0.15) is 46.6 Å². The van der Waals surface area contributed by atoms with Gasteiger partial charge in [-0.3, -0.25) is 0 Å². The lowest BCUT2D eigenvalue weighted by molar-refractivity contribution is 0.592. The molecule has 2 N–H and O–H groups in total. The van der Waals surface area contributed by atoms with E-state index in [1.165, 1.54) is 5.56 Å². The lowest BCUT2D eigenvalue weighted by Crippen LogP contribution is -2.17. The normalized spacial score (nSPS) is 12.8. The maximum atomic E-state index is 4.48. The van der Waals surface area contributed by atoms with Gasteiger partial charge in [-0.2, -0.15) is 10.1 Å². The summed E-state index contributed by atoms with van der Waals surface area (Å²) in [6.07, 6.45) is 2.65. The van der Waals surface area contributed by atoms with Crippen LogP contribution in [0, 0.1) is 0 Å². The molecule has 0 fully saturated rings. The van der Waals surface area contributed by atoms with Crippen molar-refractivity contribution in [2.45, 2.75) is 52.5 Å². The highest BCUT2D eigenvalue weighted by Gasteiger charge is 2.17. The van der Waals surface area contributed by atoms with E-state index in [2.05, 4.69) is 78.6 Å². The van der Waals surface area contributed by atoms with Crippen molar-refractivity contribution in [2.24, 2.45) is 0 Å². The first-order valence-corrected chi connectivity index (χ1v) is 7.73. The Hall–Kier alpha value is -2.17. The number of nitrogens with one attached hydrogen (secondary N) is 2. The first-order chi connectivity index (χ1) is 10.4. The molecule has 1 aromatic heterocycles. The maximum absolute atomic E-state index is 4.48. The second-order valence-electron chi connectivity index (χ2n) is 6.54. The van der Waals surface area contributed by atoms with E-state index >= 15 is 0 Å². The van der Waals surface area contributed by atoms with Crippen LogP contribution in [0.15, 0.2) is 30.5 Å². The summed E-state index contributed by atoms with van der Waals surface area (Å²) in [6, 6.07) is 8.59. The molecule has 1 atom stereocenters. The first kappa shape index (κ1) is 16.2. The van der Waals surface area contributed by atoms with Gasteiger partial charge in [-0.15, -0.1) is 5.10 Å². The van der Waals surface area contributed by atoms with Gasteiger partial charge in [0.05, 0.1) is 6.20 Å². The molecule has 0 aliphatic heterocycles. The lowest BCUT2D eigenvalue weighted by Gasteiger charge is -2.23. The van der Waals surface area contributed by atoms with Gasteiger partial charge in [0.25, 0.3) is 0 Å². The predicted octanol–water partition coefficient (Wildman–Crippen LogP) is 4.12. The zero-order valence-electron chi connectivity index (χ0n) is 14.0. The molecule has 5 heteroatoms. The van der Waals surface area contributed by atoms with Gasteiger partial charge in [0.15, 0.2) is 5.82 Å². The molecular weight excluding hydrogens is 274 g/mol. The third-order valence-electron chi connectivity index (χ3n) is 3.54. The Morgan fingerprint density at radius 2 is 1.91 bits per heavy atom. The molecule has 0 amide bonds. The number of rotatable bonds is 5. The van der Waals surface area contributed by atoms with Gasteiger partial charge in [-0.1, -0.05) is 45.9 Å². The highest BCUT2D eigenvalue weighted by molar-refractivity contribution is 5.62. The average Bonchev–Trinajstić information content (AvgIpc) is 2.47. The highest BCUT2D eigenvalue weighted by atomic mass is 15.3. The number of anilines is 3. The van der Waals surface area contributed by atoms with E-state index in [0.717, 1.165) is 12.1 Å². The van der Waals surface area contributed by atoms with Gasteiger partial charge in [-0.05, 0) is 30.4 Å². The van der Waals surface area contributed by atoms with Gasteiger partial charge in [-0.25, -0.2) is 0 Å². The molecule has 118 valence electrons. The fraction of sp³-hybridized carbons (Fsp3) is 0.471. The van der Waals surface area contributed by atoms with E-state index in [1.54, 1.807) is 6.20 Å². The Kier molecular flexibility index (Phi) is 4.96. The van der Waals surface area contributed by atoms with Crippen LogP contribution >= 0.6 is 0 Å². The summed E-state index contributed by atoms with van der Waals surface area (Å²) in [5.74, 6) is 1.24. The van der Waals surface area contributed by atoms with Gasteiger partial charge < -0.3 is 10.6 Å². The average molecular weight is 299 g/mol. The highest BCUT2D eigenvalue weighted by Crippen LogP contribution is 2.30. The number of hydrogen-bond acceptors (Lipinski definition) is 5. The van der Waals surface area contributed by atoms with Crippen LogP contribution in [-0.2, 0) is 5.41 Å². The van der Waals surface area contributed by atoms with E-state index in [4.69, 9.17) is 0 Å². The minimum atomic E-state index is 0.0574. The maximum Gasteiger partial charge on any atom is 0.244 e. The van der Waals surface area contributed by atoms with Crippen LogP contribution < -0.4 is 10.6 Å². The van der Waals surface area contributed by atoms with Gasteiger partial charge in [0.1, 0.15) is 0 Å². The second kappa shape index (κ2) is 6.73. The summed E-state index contributed by atoms with van der Waals surface area (Å²) in [6.45, 7) is 10.8. The van der Waals surface area contributed by atoms with Crippen molar-refractivity contribution in [1.29, 1.82) is 0 Å². The van der Waals surface area contributed by atoms with E-state index in [9.17, 15) is 0 Å². The number of para-hydroxylation sites is 1. The molecule has 0 aliphatic rings. The minimum absolute atomic E-state index is 0.0574. The summed E-state index contributed by atoms with van der Waals surface area (Å²) < 4.78 is 0. The van der Waals surface area contributed by atoms with Crippen molar-refractivity contribution in [3.63, 3.8) is 0 Å². The monoisotopic (exact) mass is 299 g/mol. The summed E-state index contributed by atoms with van der Waals surface area (Å²) in [5, 5.41) is 14.6. The van der Waals surface area contributed by atoms with E-state index in [0.29, 0.717) is 17.8 Å². The molecule has 2 aromatic rings. The van der Waals surface area contributed by atoms with Crippen LogP contribution in [0.4, 0.5) is 17.5 Å². The van der Waals surface area contributed by atoms with Crippen LogP contribution in [0.5, 0.6) is 0 Å². The molecule has 5 nitrogen and oxygen atoms in total. The van der Waals surface area contributed by atoms with Crippen molar-refractivity contribution in [3.05, 3.63) is 36.0 Å². The van der Waals surface area contributed by atoms with Crippen molar-refractivity contribution >= 4 is 17.5 Å². The van der Waals surface area contributed by atoms with Crippen LogP contribution in [0.3, 0.4) is 0 Å². The molecule has 0 saturated heterocycles. The quantitative estimate of drug-likeness (QED) is 0.869. The topological polar surface area (TPSA) is 62.7 Å². The van der Waals surface area contributed by atoms with Gasteiger partial charge in [0.2, 0.25) is 5.95 Å². The molecule has 1 heterocycles. The van der Waals surface area contributed by atoms with Crippen LogP contribution in [0.2, 0.25) is 0 Å². The third-order valence-corrected chi connectivity index (χ3v) is 3.54. The number of nitrogens with zero attached hydrogens (tertiary/aromatic N) is 3. The third kappa shape index (κ3) is 4.16. The Labute approximate surface area is 132 Å². The van der Waals surface area contributed by atoms with E-state index in [-0.39, 0.29) is 5.41 Å². The Morgan fingerprint density at radius 3 is 2.59 bits per heavy atom. The summed E-state index contributed by atoms with van der Waals surface area (Å²) in [4.78, 5) is 4.48. The standard InChI is InChI=1S/C17H25N5/c1-6-12(2)19-16-21-15(11-18-22-16)20-14-10-8-7-9-13(14)17(3,4)5/h7-12H,6H2,1-5H3,(H2,19,20,21,22). The van der Waals surface area contributed by atoms with Crippen LogP contribution in [-0.4, -0.2) is 21.2 Å². The van der Waals surface area contributed by atoms with Crippen molar-refractivity contribution in [1.82, 2.24) is 15.2 Å². The second-order valence-corrected chi connectivity index (χ2v) is 6.54. The van der Waals surface area contributed by atoms with Gasteiger partial charge >= 0.3 is 0 Å². The predicted molar refractivity (Wildman–Crippen MR) is 91.6 cm³/mol. The summed E-state index contributed by atoms with van der Waals surface area (Å²) in [5.41, 5.74) is 2.34. The Bertz CT molecular complexity index is 618. The molecular formula is C17H25N5. The Balaban J connectivity index is 2.23. The molecule has 1 aromatic carbocycles. The molecule has 1 unspecified atom stereocenters. The zero-order chi connectivity index (χ0) is 16.2. The van der Waals surface area contributed by atoms with Crippen molar-refractivity contribution in [3.8, 4) is 0 Å². The number of hydrogen-bond donors (Lipinski definition) is 2. The number of aromatic nitrogens is 3. The van der Waals surface area contributed by atoms with Gasteiger partial charge in [0, 0.05) is 11.7 Å². The SMILES string of the molecule is CCC(C)Nc1nncc(Nc2ccccc2C(C)(C)C)n1. The zero-order valence-corrected chi connectivity index (χ0v) is 14.0. The molecule has 22 heavy (non-hydrogen) atoms. The lowest BCUT2D eigenvalue weighted by atomic mass is 9.86. The summed E-state index contributed by atoms with van der Waals surface area (Å²) in [7, 11) is 0.